The molecule has 0 saturated carbocycles. The van der Waals surface area contributed by atoms with Gasteiger partial charge in [-0.2, -0.15) is 10.2 Å². The van der Waals surface area contributed by atoms with Gasteiger partial charge in [-0.05, 0) is 36.8 Å². The summed E-state index contributed by atoms with van der Waals surface area (Å²) in [5.41, 5.74) is 4.36. The van der Waals surface area contributed by atoms with E-state index in [0.29, 0.717) is 18.8 Å². The van der Waals surface area contributed by atoms with Crippen molar-refractivity contribution in [2.75, 3.05) is 13.2 Å². The average Bonchev–Trinajstić information content (AvgIpc) is 3.25. The number of aliphatic hydroxyl groups excluding tert-OH is 2. The lowest BCUT2D eigenvalue weighted by Gasteiger charge is -2.19. The fourth-order valence-electron chi connectivity index (χ4n) is 3.48. The molecule has 142 valence electrons. The first-order chi connectivity index (χ1) is 13.1. The van der Waals surface area contributed by atoms with Gasteiger partial charge in [-0.3, -0.25) is 14.7 Å². The summed E-state index contributed by atoms with van der Waals surface area (Å²) in [6, 6.07) is 8.23. The minimum Gasteiger partial charge on any atom is -0.393 e. The fourth-order valence-corrected chi connectivity index (χ4v) is 3.48. The maximum Gasteiger partial charge on any atom is 0.123 e. The van der Waals surface area contributed by atoms with Crippen molar-refractivity contribution in [3.63, 3.8) is 0 Å². The van der Waals surface area contributed by atoms with Crippen LogP contribution in [-0.4, -0.2) is 48.2 Å². The lowest BCUT2D eigenvalue weighted by molar-refractivity contribution is 0.0916. The smallest absolute Gasteiger partial charge is 0.123 e. The van der Waals surface area contributed by atoms with Crippen LogP contribution in [0.5, 0.6) is 0 Å². The van der Waals surface area contributed by atoms with Gasteiger partial charge in [-0.25, -0.2) is 4.39 Å². The van der Waals surface area contributed by atoms with Crippen molar-refractivity contribution < 1.29 is 14.6 Å². The van der Waals surface area contributed by atoms with Crippen LogP contribution in [0.1, 0.15) is 29.5 Å². The minimum absolute atomic E-state index is 0.263. The van der Waals surface area contributed by atoms with Gasteiger partial charge in [0.2, 0.25) is 0 Å². The summed E-state index contributed by atoms with van der Waals surface area (Å²) >= 11 is 0. The predicted octanol–water partition coefficient (Wildman–Crippen LogP) is 1.84. The Morgan fingerprint density at radius 1 is 1.22 bits per heavy atom. The van der Waals surface area contributed by atoms with Crippen molar-refractivity contribution in [3.05, 3.63) is 59.3 Å². The summed E-state index contributed by atoms with van der Waals surface area (Å²) in [6.45, 7) is 2.75. The van der Waals surface area contributed by atoms with Crippen LogP contribution in [-0.2, 0) is 19.6 Å². The predicted molar refractivity (Wildman–Crippen MR) is 97.0 cm³/mol. The van der Waals surface area contributed by atoms with Gasteiger partial charge in [-0.15, -0.1) is 0 Å². The Morgan fingerprint density at radius 3 is 2.81 bits per heavy atom. The molecule has 0 aliphatic carbocycles. The van der Waals surface area contributed by atoms with E-state index in [9.17, 15) is 9.50 Å². The minimum atomic E-state index is -0.947. The van der Waals surface area contributed by atoms with E-state index in [1.165, 1.54) is 12.1 Å². The maximum atomic E-state index is 13.2. The van der Waals surface area contributed by atoms with E-state index in [2.05, 4.69) is 20.2 Å². The third-order valence-electron chi connectivity index (χ3n) is 4.87. The van der Waals surface area contributed by atoms with E-state index in [-0.39, 0.29) is 12.4 Å². The van der Waals surface area contributed by atoms with Crippen molar-refractivity contribution in [1.82, 2.24) is 24.9 Å². The molecule has 0 unspecified atom stereocenters. The van der Waals surface area contributed by atoms with Crippen LogP contribution in [0.3, 0.4) is 0 Å². The molecule has 0 saturated heterocycles. The van der Waals surface area contributed by atoms with Crippen LogP contribution in [0, 0.1) is 5.82 Å². The quantitative estimate of drug-likeness (QED) is 0.637. The first-order valence-electron chi connectivity index (χ1n) is 9.00. The number of nitrogens with zero attached hydrogens (tertiary/aromatic N) is 4. The van der Waals surface area contributed by atoms with Crippen LogP contribution in [0.4, 0.5) is 4.39 Å². The fraction of sp³-hybridized carbons (Fsp3) is 0.368. The second-order valence-electron chi connectivity index (χ2n) is 6.82. The number of hydrogen-bond acceptors (Lipinski definition) is 5. The molecule has 27 heavy (non-hydrogen) atoms. The Bertz CT molecular complexity index is 905. The van der Waals surface area contributed by atoms with E-state index in [1.54, 1.807) is 12.1 Å². The van der Waals surface area contributed by atoms with Gasteiger partial charge < -0.3 is 10.2 Å². The standard InChI is InChI=1S/C19H22FN5O2/c20-15-4-2-13(3-5-15)19-14(9-21-22-19)10-24-6-1-7-25-16(11-24)8-17(23-25)18(27)12-26/h2-5,8-9,18,26-27H,1,6-7,10-12H2,(H,21,22)/t18-/m1/s1. The molecule has 1 aliphatic rings. The molecule has 3 N–H and O–H groups in total. The molecule has 0 amide bonds. The normalized spacial score (nSPS) is 16.1. The van der Waals surface area contributed by atoms with Crippen molar-refractivity contribution >= 4 is 0 Å². The number of hydrogen-bond donors (Lipinski definition) is 3. The van der Waals surface area contributed by atoms with Gasteiger partial charge in [0, 0.05) is 37.3 Å². The number of aryl methyl sites for hydroxylation is 1. The Morgan fingerprint density at radius 2 is 2.04 bits per heavy atom. The molecular weight excluding hydrogens is 349 g/mol. The summed E-state index contributed by atoms with van der Waals surface area (Å²) in [7, 11) is 0. The number of aliphatic hydroxyl groups is 2. The van der Waals surface area contributed by atoms with Crippen LogP contribution < -0.4 is 0 Å². The number of halogens is 1. The molecule has 0 fully saturated rings. The molecule has 7 nitrogen and oxygen atoms in total. The number of aromatic amines is 1. The highest BCUT2D eigenvalue weighted by Crippen LogP contribution is 2.25. The number of H-pyrrole nitrogens is 1. The van der Waals surface area contributed by atoms with E-state index in [1.807, 2.05) is 16.9 Å². The van der Waals surface area contributed by atoms with Crippen molar-refractivity contribution in [2.45, 2.75) is 32.2 Å². The Hall–Kier alpha value is -2.55. The van der Waals surface area contributed by atoms with Crippen LogP contribution in [0.25, 0.3) is 11.3 Å². The SMILES string of the molecule is OC[C@@H](O)c1cc2n(n1)CCCN(Cc1cn[nH]c1-c1ccc(F)cc1)C2. The zero-order valence-electron chi connectivity index (χ0n) is 14.8. The van der Waals surface area contributed by atoms with Crippen LogP contribution in [0.15, 0.2) is 36.5 Å². The van der Waals surface area contributed by atoms with Crippen LogP contribution >= 0.6 is 0 Å². The van der Waals surface area contributed by atoms with Gasteiger partial charge in [0.15, 0.2) is 0 Å². The van der Waals surface area contributed by atoms with Gasteiger partial charge in [0.1, 0.15) is 11.9 Å². The highest BCUT2D eigenvalue weighted by atomic mass is 19.1. The summed E-state index contributed by atoms with van der Waals surface area (Å²) in [4.78, 5) is 2.30. The molecule has 1 aliphatic heterocycles. The molecule has 3 heterocycles. The summed E-state index contributed by atoms with van der Waals surface area (Å²) < 4.78 is 15.1. The number of aromatic nitrogens is 4. The molecule has 0 radical (unpaired) electrons. The molecule has 1 aromatic carbocycles. The van der Waals surface area contributed by atoms with Gasteiger partial charge in [0.05, 0.1) is 29.9 Å². The Balaban J connectivity index is 1.53. The van der Waals surface area contributed by atoms with Crippen molar-refractivity contribution in [3.8, 4) is 11.3 Å². The molecule has 3 aromatic rings. The Labute approximate surface area is 156 Å². The highest BCUT2D eigenvalue weighted by Gasteiger charge is 2.21. The largest absolute Gasteiger partial charge is 0.393 e. The molecule has 8 heteroatoms. The first-order valence-corrected chi connectivity index (χ1v) is 9.00. The number of benzene rings is 1. The number of nitrogens with one attached hydrogen (secondary N) is 1. The summed E-state index contributed by atoms with van der Waals surface area (Å²) in [5, 5.41) is 30.6. The number of fused-ring (bicyclic) bond motifs is 1. The Kier molecular flexibility index (Phi) is 5.02. The summed E-state index contributed by atoms with van der Waals surface area (Å²) in [5.74, 6) is -0.263. The zero-order chi connectivity index (χ0) is 18.8. The highest BCUT2D eigenvalue weighted by molar-refractivity contribution is 5.62. The molecule has 0 spiro atoms. The molecule has 4 rings (SSSR count). The van der Waals surface area contributed by atoms with E-state index in [0.717, 1.165) is 42.0 Å². The first kappa shape index (κ1) is 17.8. The van der Waals surface area contributed by atoms with Gasteiger partial charge >= 0.3 is 0 Å². The van der Waals surface area contributed by atoms with Gasteiger partial charge in [-0.1, -0.05) is 0 Å². The molecular formula is C19H22FN5O2. The van der Waals surface area contributed by atoms with Crippen molar-refractivity contribution in [1.29, 1.82) is 0 Å². The second kappa shape index (κ2) is 7.59. The van der Waals surface area contributed by atoms with Crippen molar-refractivity contribution in [2.24, 2.45) is 0 Å². The molecule has 1 atom stereocenters. The third kappa shape index (κ3) is 3.78. The molecule has 2 aromatic heterocycles. The monoisotopic (exact) mass is 371 g/mol. The molecule has 0 bridgehead atoms. The maximum absolute atomic E-state index is 13.2. The lowest BCUT2D eigenvalue weighted by Crippen LogP contribution is -2.22. The van der Waals surface area contributed by atoms with E-state index >= 15 is 0 Å². The zero-order valence-corrected chi connectivity index (χ0v) is 14.8. The van der Waals surface area contributed by atoms with E-state index in [4.69, 9.17) is 5.11 Å². The summed E-state index contributed by atoms with van der Waals surface area (Å²) in [6.07, 6.45) is 1.80. The third-order valence-corrected chi connectivity index (χ3v) is 4.87. The topological polar surface area (TPSA) is 90.2 Å². The number of rotatable bonds is 5. The van der Waals surface area contributed by atoms with Gasteiger partial charge in [0.25, 0.3) is 0 Å². The average molecular weight is 371 g/mol. The van der Waals surface area contributed by atoms with E-state index < -0.39 is 6.10 Å². The van der Waals surface area contributed by atoms with Crippen LogP contribution in [0.2, 0.25) is 0 Å². The lowest BCUT2D eigenvalue weighted by atomic mass is 10.1. The second-order valence-corrected chi connectivity index (χ2v) is 6.82.